The van der Waals surface area contributed by atoms with Gasteiger partial charge in [-0.3, -0.25) is 0 Å². The molecule has 2 aliphatic rings. The van der Waals surface area contributed by atoms with Crippen molar-refractivity contribution < 1.29 is 19.3 Å². The maximum atomic E-state index is 10.6. The van der Waals surface area contributed by atoms with Crippen LogP contribution in [0.15, 0.2) is 24.3 Å². The van der Waals surface area contributed by atoms with Crippen molar-refractivity contribution in [2.24, 2.45) is 0 Å². The molecule has 0 amide bonds. The van der Waals surface area contributed by atoms with Crippen LogP contribution in [0.25, 0.3) is 0 Å². The third-order valence-electron chi connectivity index (χ3n) is 5.83. The summed E-state index contributed by atoms with van der Waals surface area (Å²) in [5.74, 6) is 3.09. The summed E-state index contributed by atoms with van der Waals surface area (Å²) in [4.78, 5) is 0. The lowest BCUT2D eigenvalue weighted by atomic mass is 9.84. The fraction of sp³-hybridized carbons (Fsp3) is 0.500. The third kappa shape index (κ3) is 3.52. The number of hydrogen-bond donors (Lipinski definition) is 1. The number of ether oxygens (including phenoxy) is 3. The zero-order valence-electron chi connectivity index (χ0n) is 17.3. The summed E-state index contributed by atoms with van der Waals surface area (Å²) in [5, 5.41) is 10.6. The van der Waals surface area contributed by atoms with Gasteiger partial charge in [-0.25, -0.2) is 0 Å². The molecule has 0 spiro atoms. The quantitative estimate of drug-likeness (QED) is 0.778. The van der Waals surface area contributed by atoms with Gasteiger partial charge in [0.1, 0.15) is 28.6 Å². The van der Waals surface area contributed by atoms with Gasteiger partial charge in [-0.2, -0.15) is 0 Å². The summed E-state index contributed by atoms with van der Waals surface area (Å²) in [5.41, 5.74) is 4.43. The van der Waals surface area contributed by atoms with Gasteiger partial charge in [-0.1, -0.05) is 13.0 Å². The van der Waals surface area contributed by atoms with E-state index < -0.39 is 0 Å². The predicted octanol–water partition coefficient (Wildman–Crippen LogP) is 5.31. The Morgan fingerprint density at radius 2 is 2.04 bits per heavy atom. The number of benzene rings is 2. The molecule has 1 N–H and O–H groups in total. The SMILES string of the molecule is CCCOc1ccc(C2COc3c(c(C)cc4c3CCC(C)(C)O4)C2)c(O)c1. The number of phenols is 1. The highest BCUT2D eigenvalue weighted by Crippen LogP contribution is 2.46. The zero-order chi connectivity index (χ0) is 19.9. The van der Waals surface area contributed by atoms with E-state index in [1.807, 2.05) is 12.1 Å². The van der Waals surface area contributed by atoms with E-state index in [0.29, 0.717) is 19.0 Å². The Kier molecular flexibility index (Phi) is 4.90. The molecule has 4 nitrogen and oxygen atoms in total. The zero-order valence-corrected chi connectivity index (χ0v) is 17.3. The molecule has 0 saturated carbocycles. The molecule has 0 aromatic heterocycles. The van der Waals surface area contributed by atoms with Crippen molar-refractivity contribution in [3.63, 3.8) is 0 Å². The van der Waals surface area contributed by atoms with Gasteiger partial charge in [-0.15, -0.1) is 0 Å². The lowest BCUT2D eigenvalue weighted by Gasteiger charge is -2.36. The van der Waals surface area contributed by atoms with Crippen LogP contribution < -0.4 is 14.2 Å². The Hall–Kier alpha value is -2.36. The van der Waals surface area contributed by atoms with Crippen LogP contribution in [0.4, 0.5) is 0 Å². The van der Waals surface area contributed by atoms with Gasteiger partial charge in [0.05, 0.1) is 13.2 Å². The Morgan fingerprint density at radius 1 is 1.21 bits per heavy atom. The first-order chi connectivity index (χ1) is 13.4. The second-order valence-corrected chi connectivity index (χ2v) is 8.62. The van der Waals surface area contributed by atoms with Gasteiger partial charge in [0.15, 0.2) is 0 Å². The molecule has 2 heterocycles. The molecule has 2 aromatic carbocycles. The summed E-state index contributed by atoms with van der Waals surface area (Å²) < 4.78 is 18.1. The van der Waals surface area contributed by atoms with E-state index in [-0.39, 0.29) is 17.3 Å². The first-order valence-corrected chi connectivity index (χ1v) is 10.3. The van der Waals surface area contributed by atoms with Crippen LogP contribution in [0.2, 0.25) is 0 Å². The fourth-order valence-electron chi connectivity index (χ4n) is 4.24. The Bertz CT molecular complexity index is 885. The Balaban J connectivity index is 1.61. The number of aromatic hydroxyl groups is 1. The number of fused-ring (bicyclic) bond motifs is 3. The molecule has 0 saturated heterocycles. The van der Waals surface area contributed by atoms with Gasteiger partial charge < -0.3 is 19.3 Å². The van der Waals surface area contributed by atoms with E-state index in [1.165, 1.54) is 16.7 Å². The van der Waals surface area contributed by atoms with Crippen LogP contribution in [-0.2, 0) is 12.8 Å². The molecule has 0 aliphatic carbocycles. The average Bonchev–Trinajstić information content (AvgIpc) is 2.65. The van der Waals surface area contributed by atoms with E-state index in [2.05, 4.69) is 33.8 Å². The molecule has 150 valence electrons. The first kappa shape index (κ1) is 19.0. The van der Waals surface area contributed by atoms with Crippen LogP contribution in [-0.4, -0.2) is 23.9 Å². The van der Waals surface area contributed by atoms with Crippen LogP contribution in [0.3, 0.4) is 0 Å². The van der Waals surface area contributed by atoms with Crippen molar-refractivity contribution in [1.29, 1.82) is 0 Å². The fourth-order valence-corrected chi connectivity index (χ4v) is 4.24. The third-order valence-corrected chi connectivity index (χ3v) is 5.83. The van der Waals surface area contributed by atoms with E-state index in [1.54, 1.807) is 6.07 Å². The second-order valence-electron chi connectivity index (χ2n) is 8.62. The summed E-state index contributed by atoms with van der Waals surface area (Å²) in [7, 11) is 0. The van der Waals surface area contributed by atoms with Crippen LogP contribution in [0.1, 0.15) is 61.8 Å². The summed E-state index contributed by atoms with van der Waals surface area (Å²) in [6.07, 6.45) is 3.77. The van der Waals surface area contributed by atoms with E-state index in [0.717, 1.165) is 42.7 Å². The van der Waals surface area contributed by atoms with E-state index >= 15 is 0 Å². The lowest BCUT2D eigenvalue weighted by Crippen LogP contribution is -2.33. The topological polar surface area (TPSA) is 47.9 Å². The van der Waals surface area contributed by atoms with Crippen LogP contribution in [0, 0.1) is 6.92 Å². The van der Waals surface area contributed by atoms with Crippen molar-refractivity contribution in [2.75, 3.05) is 13.2 Å². The smallest absolute Gasteiger partial charge is 0.129 e. The predicted molar refractivity (Wildman–Crippen MR) is 110 cm³/mol. The molecule has 1 atom stereocenters. The maximum absolute atomic E-state index is 10.6. The largest absolute Gasteiger partial charge is 0.508 e. The number of rotatable bonds is 4. The molecule has 4 rings (SSSR count). The number of phenolic OH excluding ortho intramolecular Hbond substituents is 1. The minimum absolute atomic E-state index is 0.127. The first-order valence-electron chi connectivity index (χ1n) is 10.3. The normalized spacial score (nSPS) is 19.8. The number of hydrogen-bond acceptors (Lipinski definition) is 4. The van der Waals surface area contributed by atoms with Gasteiger partial charge in [0, 0.05) is 23.1 Å². The van der Waals surface area contributed by atoms with Gasteiger partial charge in [-0.05, 0) is 69.7 Å². The number of aryl methyl sites for hydroxylation is 1. The highest BCUT2D eigenvalue weighted by molar-refractivity contribution is 5.57. The molecule has 2 aliphatic heterocycles. The van der Waals surface area contributed by atoms with Crippen molar-refractivity contribution in [3.8, 4) is 23.0 Å². The maximum Gasteiger partial charge on any atom is 0.129 e. The van der Waals surface area contributed by atoms with Crippen molar-refractivity contribution >= 4 is 0 Å². The summed E-state index contributed by atoms with van der Waals surface area (Å²) >= 11 is 0. The lowest BCUT2D eigenvalue weighted by molar-refractivity contribution is 0.0825. The van der Waals surface area contributed by atoms with E-state index in [4.69, 9.17) is 14.2 Å². The minimum atomic E-state index is -0.127. The second kappa shape index (κ2) is 7.23. The molecule has 0 radical (unpaired) electrons. The van der Waals surface area contributed by atoms with Gasteiger partial charge >= 0.3 is 0 Å². The summed E-state index contributed by atoms with van der Waals surface area (Å²) in [6, 6.07) is 7.78. The Labute approximate surface area is 167 Å². The minimum Gasteiger partial charge on any atom is -0.508 e. The Morgan fingerprint density at radius 3 is 2.79 bits per heavy atom. The summed E-state index contributed by atoms with van der Waals surface area (Å²) in [6.45, 7) is 9.68. The average molecular weight is 383 g/mol. The molecule has 28 heavy (non-hydrogen) atoms. The van der Waals surface area contributed by atoms with Crippen molar-refractivity contribution in [1.82, 2.24) is 0 Å². The molecular weight excluding hydrogens is 352 g/mol. The van der Waals surface area contributed by atoms with Crippen LogP contribution in [0.5, 0.6) is 23.0 Å². The van der Waals surface area contributed by atoms with Gasteiger partial charge in [0.2, 0.25) is 0 Å². The molecule has 0 fully saturated rings. The van der Waals surface area contributed by atoms with Crippen molar-refractivity contribution in [3.05, 3.63) is 46.5 Å². The standard InChI is InChI=1S/C24H30O4/c1-5-10-26-17-6-7-18(21(25)13-17)16-12-20-15(2)11-22-19(23(20)27-14-16)8-9-24(3,4)28-22/h6-7,11,13,16,25H,5,8-10,12,14H2,1-4H3. The monoisotopic (exact) mass is 382 g/mol. The molecule has 0 bridgehead atoms. The molecule has 1 unspecified atom stereocenters. The van der Waals surface area contributed by atoms with Gasteiger partial charge in [0.25, 0.3) is 0 Å². The van der Waals surface area contributed by atoms with Crippen molar-refractivity contribution in [2.45, 2.75) is 64.9 Å². The van der Waals surface area contributed by atoms with Crippen LogP contribution >= 0.6 is 0 Å². The highest BCUT2D eigenvalue weighted by atomic mass is 16.5. The van der Waals surface area contributed by atoms with E-state index in [9.17, 15) is 5.11 Å². The molecule has 2 aromatic rings. The molecule has 4 heteroatoms. The molecular formula is C24H30O4. The highest BCUT2D eigenvalue weighted by Gasteiger charge is 2.33.